The number of benzene rings is 1. The second-order valence-corrected chi connectivity index (χ2v) is 4.13. The highest BCUT2D eigenvalue weighted by Gasteiger charge is 2.01. The largest absolute Gasteiger partial charge is 0.497 e. The number of carbonyl (C=O) groups excluding carboxylic acids is 1. The number of hydrogen-bond donors (Lipinski definition) is 2. The Bertz CT molecular complexity index is 349. The van der Waals surface area contributed by atoms with Crippen LogP contribution in [0.4, 0.5) is 5.69 Å². The first-order chi connectivity index (χ1) is 8.76. The number of carbonyl (C=O) groups is 1. The Morgan fingerprint density at radius 3 is 2.56 bits per heavy atom. The van der Waals surface area contributed by atoms with Crippen molar-refractivity contribution in [2.45, 2.75) is 26.2 Å². The Hall–Kier alpha value is -1.55. The van der Waals surface area contributed by atoms with Crippen LogP contribution in [0.25, 0.3) is 0 Å². The molecule has 0 atom stereocenters. The van der Waals surface area contributed by atoms with Gasteiger partial charge in [-0.3, -0.25) is 4.79 Å². The summed E-state index contributed by atoms with van der Waals surface area (Å²) in [5.41, 5.74) is 0.800. The monoisotopic (exact) mass is 250 g/mol. The van der Waals surface area contributed by atoms with E-state index in [0.29, 0.717) is 6.42 Å². The molecule has 4 heteroatoms. The molecule has 0 bridgehead atoms. The maximum atomic E-state index is 11.6. The van der Waals surface area contributed by atoms with Crippen molar-refractivity contribution in [3.8, 4) is 5.75 Å². The zero-order valence-corrected chi connectivity index (χ0v) is 11.2. The fourth-order valence-corrected chi connectivity index (χ4v) is 1.53. The average molecular weight is 250 g/mol. The number of amides is 1. The molecular weight excluding hydrogens is 228 g/mol. The summed E-state index contributed by atoms with van der Waals surface area (Å²) in [5, 5.41) is 6.09. The molecule has 0 radical (unpaired) electrons. The summed E-state index contributed by atoms with van der Waals surface area (Å²) in [5.74, 6) is 0.818. The second-order valence-electron chi connectivity index (χ2n) is 4.13. The first-order valence-electron chi connectivity index (χ1n) is 6.41. The molecular formula is C14H22N2O2. The Kier molecular flexibility index (Phi) is 6.87. The van der Waals surface area contributed by atoms with Gasteiger partial charge in [0.2, 0.25) is 5.91 Å². The molecule has 1 rings (SSSR count). The highest BCUT2D eigenvalue weighted by atomic mass is 16.5. The van der Waals surface area contributed by atoms with E-state index >= 15 is 0 Å². The van der Waals surface area contributed by atoms with Crippen LogP contribution < -0.4 is 15.4 Å². The van der Waals surface area contributed by atoms with Gasteiger partial charge in [0.15, 0.2) is 0 Å². The quantitative estimate of drug-likeness (QED) is 0.697. The lowest BCUT2D eigenvalue weighted by Gasteiger charge is -2.07. The van der Waals surface area contributed by atoms with Crippen LogP contribution in [0, 0.1) is 0 Å². The van der Waals surface area contributed by atoms with E-state index in [1.54, 1.807) is 7.11 Å². The van der Waals surface area contributed by atoms with E-state index in [4.69, 9.17) is 4.74 Å². The second kappa shape index (κ2) is 8.53. The van der Waals surface area contributed by atoms with Gasteiger partial charge < -0.3 is 15.4 Å². The molecule has 0 aromatic heterocycles. The molecule has 2 N–H and O–H groups in total. The highest BCUT2D eigenvalue weighted by molar-refractivity contribution is 5.90. The lowest BCUT2D eigenvalue weighted by molar-refractivity contribution is -0.116. The molecule has 18 heavy (non-hydrogen) atoms. The van der Waals surface area contributed by atoms with Gasteiger partial charge in [-0.1, -0.05) is 13.3 Å². The van der Waals surface area contributed by atoms with E-state index in [2.05, 4.69) is 17.6 Å². The molecule has 0 unspecified atom stereocenters. The molecule has 1 aromatic carbocycles. The van der Waals surface area contributed by atoms with Crippen LogP contribution in [0.1, 0.15) is 26.2 Å². The molecule has 1 aromatic rings. The molecule has 4 nitrogen and oxygen atoms in total. The van der Waals surface area contributed by atoms with Gasteiger partial charge in [-0.25, -0.2) is 0 Å². The van der Waals surface area contributed by atoms with Crippen LogP contribution in [0.2, 0.25) is 0 Å². The Morgan fingerprint density at radius 1 is 1.22 bits per heavy atom. The fraction of sp³-hybridized carbons (Fsp3) is 0.500. The Labute approximate surface area is 109 Å². The summed E-state index contributed by atoms with van der Waals surface area (Å²) in [6.07, 6.45) is 2.82. The van der Waals surface area contributed by atoms with Crippen LogP contribution in [0.5, 0.6) is 5.75 Å². The van der Waals surface area contributed by atoms with E-state index in [9.17, 15) is 4.79 Å². The van der Waals surface area contributed by atoms with E-state index < -0.39 is 0 Å². The normalized spacial score (nSPS) is 10.1. The van der Waals surface area contributed by atoms with E-state index in [0.717, 1.165) is 30.9 Å². The lowest BCUT2D eigenvalue weighted by Crippen LogP contribution is -2.22. The van der Waals surface area contributed by atoms with Crippen LogP contribution in [0.15, 0.2) is 24.3 Å². The van der Waals surface area contributed by atoms with Gasteiger partial charge in [0.05, 0.1) is 7.11 Å². The standard InChI is InChI=1S/C14H22N2O2/c1-3-4-10-15-11-9-14(17)16-12-5-7-13(18-2)8-6-12/h5-8,15H,3-4,9-11H2,1-2H3,(H,16,17). The predicted molar refractivity (Wildman–Crippen MR) is 74.0 cm³/mol. The summed E-state index contributed by atoms with van der Waals surface area (Å²) in [6.45, 7) is 3.85. The summed E-state index contributed by atoms with van der Waals surface area (Å²) < 4.78 is 5.05. The lowest BCUT2D eigenvalue weighted by atomic mass is 10.3. The highest BCUT2D eigenvalue weighted by Crippen LogP contribution is 2.14. The maximum absolute atomic E-state index is 11.6. The van der Waals surface area contributed by atoms with E-state index in [1.165, 1.54) is 6.42 Å². The predicted octanol–water partition coefficient (Wildman–Crippen LogP) is 2.41. The van der Waals surface area contributed by atoms with Crippen molar-refractivity contribution < 1.29 is 9.53 Å². The summed E-state index contributed by atoms with van der Waals surface area (Å²) >= 11 is 0. The first kappa shape index (κ1) is 14.5. The van der Waals surface area contributed by atoms with Crippen molar-refractivity contribution in [3.05, 3.63) is 24.3 Å². The minimum Gasteiger partial charge on any atom is -0.497 e. The molecule has 0 spiro atoms. The van der Waals surface area contributed by atoms with Gasteiger partial charge in [-0.15, -0.1) is 0 Å². The molecule has 0 aliphatic carbocycles. The maximum Gasteiger partial charge on any atom is 0.225 e. The third-order valence-electron chi connectivity index (χ3n) is 2.61. The van der Waals surface area contributed by atoms with Crippen molar-refractivity contribution >= 4 is 11.6 Å². The molecule has 0 aliphatic rings. The minimum absolute atomic E-state index is 0.0316. The van der Waals surface area contributed by atoms with Crippen LogP contribution >= 0.6 is 0 Å². The van der Waals surface area contributed by atoms with Crippen LogP contribution in [-0.4, -0.2) is 26.1 Å². The van der Waals surface area contributed by atoms with E-state index in [1.807, 2.05) is 24.3 Å². The Morgan fingerprint density at radius 2 is 1.94 bits per heavy atom. The number of ether oxygens (including phenoxy) is 1. The topological polar surface area (TPSA) is 50.4 Å². The van der Waals surface area contributed by atoms with Crippen molar-refractivity contribution in [3.63, 3.8) is 0 Å². The zero-order valence-electron chi connectivity index (χ0n) is 11.2. The zero-order chi connectivity index (χ0) is 13.2. The summed E-state index contributed by atoms with van der Waals surface area (Å²) in [6, 6.07) is 7.33. The number of anilines is 1. The van der Waals surface area contributed by atoms with Gasteiger partial charge in [0.25, 0.3) is 0 Å². The van der Waals surface area contributed by atoms with Gasteiger partial charge in [-0.05, 0) is 37.2 Å². The van der Waals surface area contributed by atoms with Gasteiger partial charge >= 0.3 is 0 Å². The number of unbranched alkanes of at least 4 members (excludes halogenated alkanes) is 1. The van der Waals surface area contributed by atoms with E-state index in [-0.39, 0.29) is 5.91 Å². The molecule has 0 saturated carbocycles. The van der Waals surface area contributed by atoms with Gasteiger partial charge in [-0.2, -0.15) is 0 Å². The van der Waals surface area contributed by atoms with Crippen LogP contribution in [-0.2, 0) is 4.79 Å². The number of nitrogens with one attached hydrogen (secondary N) is 2. The molecule has 0 saturated heterocycles. The SMILES string of the molecule is CCCCNCCC(=O)Nc1ccc(OC)cc1. The number of rotatable bonds is 8. The van der Waals surface area contributed by atoms with Gasteiger partial charge in [0.1, 0.15) is 5.75 Å². The van der Waals surface area contributed by atoms with Crippen molar-refractivity contribution in [2.24, 2.45) is 0 Å². The van der Waals surface area contributed by atoms with Crippen molar-refractivity contribution in [2.75, 3.05) is 25.5 Å². The average Bonchev–Trinajstić information content (AvgIpc) is 2.39. The summed E-state index contributed by atoms with van der Waals surface area (Å²) in [7, 11) is 1.62. The molecule has 1 amide bonds. The molecule has 100 valence electrons. The van der Waals surface area contributed by atoms with Gasteiger partial charge in [0, 0.05) is 18.7 Å². The third kappa shape index (κ3) is 5.68. The number of methoxy groups -OCH3 is 1. The smallest absolute Gasteiger partial charge is 0.225 e. The fourth-order valence-electron chi connectivity index (χ4n) is 1.53. The first-order valence-corrected chi connectivity index (χ1v) is 6.41. The minimum atomic E-state index is 0.0316. The van der Waals surface area contributed by atoms with Crippen molar-refractivity contribution in [1.82, 2.24) is 5.32 Å². The Balaban J connectivity index is 2.22. The molecule has 0 heterocycles. The molecule has 0 aliphatic heterocycles. The summed E-state index contributed by atoms with van der Waals surface area (Å²) in [4.78, 5) is 11.6. The van der Waals surface area contributed by atoms with Crippen molar-refractivity contribution in [1.29, 1.82) is 0 Å². The molecule has 0 fully saturated rings. The van der Waals surface area contributed by atoms with Crippen LogP contribution in [0.3, 0.4) is 0 Å². The third-order valence-corrected chi connectivity index (χ3v) is 2.61. The number of hydrogen-bond acceptors (Lipinski definition) is 3.